The smallest absolute Gasteiger partial charge is 0.506 e. The van der Waals surface area contributed by atoms with E-state index in [1.165, 1.54) is 83.5 Å². The predicted octanol–water partition coefficient (Wildman–Crippen LogP) is 24.6. The van der Waals surface area contributed by atoms with E-state index in [0.717, 1.165) is 109 Å². The van der Waals surface area contributed by atoms with Crippen molar-refractivity contribution in [3.8, 4) is 81.0 Å². The summed E-state index contributed by atoms with van der Waals surface area (Å²) in [5.41, 5.74) is 18.9. The first-order valence-electron chi connectivity index (χ1n) is 41.0. The number of hydrogen-bond donors (Lipinski definition) is 5. The average molecular weight is 2420 g/mol. The highest BCUT2D eigenvalue weighted by Gasteiger charge is 2.18. The molecule has 17 aromatic rings. The number of nitrogens with zero attached hydrogens (tertiary/aromatic N) is 21. The summed E-state index contributed by atoms with van der Waals surface area (Å²) in [6, 6.07) is 48.0. The lowest BCUT2D eigenvalue weighted by atomic mass is 9.58. The fourth-order valence-corrected chi connectivity index (χ4v) is 15.1. The molecule has 3 aromatic carbocycles. The highest BCUT2D eigenvalue weighted by Crippen LogP contribution is 2.61. The molecule has 0 radical (unpaired) electrons. The Bertz CT molecular complexity index is 7190. The number of rotatable bonds is 11. The molecule has 748 valence electrons. The molecule has 49 heteroatoms. The highest BCUT2D eigenvalue weighted by molar-refractivity contribution is 9.11. The van der Waals surface area contributed by atoms with E-state index in [4.69, 9.17) is 70.0 Å². The topological polar surface area (TPSA) is 456 Å². The second-order valence-corrected chi connectivity index (χ2v) is 47.4. The third kappa shape index (κ3) is 37.4. The Morgan fingerprint density at radius 1 is 0.486 bits per heavy atom. The van der Waals surface area contributed by atoms with Gasteiger partial charge in [0.1, 0.15) is 65.5 Å². The normalized spacial score (nSPS) is 10.1. The summed E-state index contributed by atoms with van der Waals surface area (Å²) in [5, 5.41) is 98.4. The molecule has 0 aliphatic heterocycles. The summed E-state index contributed by atoms with van der Waals surface area (Å²) in [6.07, 6.45) is 25.0. The van der Waals surface area contributed by atoms with Gasteiger partial charge in [-0.15, -0.1) is 0 Å². The number of pyridine rings is 7. The van der Waals surface area contributed by atoms with Gasteiger partial charge in [-0.25, -0.2) is 67.7 Å². The average Bonchev–Trinajstić information content (AvgIpc) is 1.66. The molecule has 6 N–H and O–H groups in total. The molecule has 35 nitrogen and oxygen atoms in total. The fourth-order valence-electron chi connectivity index (χ4n) is 12.1. The first-order valence-corrected chi connectivity index (χ1v) is 54.7. The lowest BCUT2D eigenvalue weighted by molar-refractivity contribution is -0.156. The van der Waals surface area contributed by atoms with E-state index in [2.05, 4.69) is 284 Å². The van der Waals surface area contributed by atoms with Crippen molar-refractivity contribution in [2.75, 3.05) is 66.4 Å². The molecule has 0 aliphatic carbocycles. The first-order chi connectivity index (χ1) is 67.3. The Kier molecular flexibility index (Phi) is 50.8. The number of esters is 2. The van der Waals surface area contributed by atoms with Crippen LogP contribution in [0, 0.1) is 59.2 Å². The van der Waals surface area contributed by atoms with Crippen LogP contribution in [0.2, 0.25) is 20.5 Å². The van der Waals surface area contributed by atoms with Gasteiger partial charge >= 0.3 is 28.5 Å². The van der Waals surface area contributed by atoms with Crippen LogP contribution in [0.5, 0.6) is 34.5 Å². The Labute approximate surface area is 896 Å². The molecule has 0 unspecified atom stereocenters. The van der Waals surface area contributed by atoms with Crippen LogP contribution in [-0.4, -0.2) is 187 Å². The number of hydrogen-bond acceptors (Lipinski definition) is 28. The van der Waals surface area contributed by atoms with Gasteiger partial charge in [0, 0.05) is 103 Å². The number of aromatic nitrogens is 14. The van der Waals surface area contributed by atoms with Gasteiger partial charge in [0.15, 0.2) is 6.29 Å². The molecule has 0 amide bonds. The number of ether oxygens (including phenoxy) is 5. The predicted molar refractivity (Wildman–Crippen MR) is 584 cm³/mol. The minimum absolute atomic E-state index is 0. The second kappa shape index (κ2) is 59.8. The number of methoxy groups -OCH3 is 4. The van der Waals surface area contributed by atoms with E-state index in [-0.39, 0.29) is 15.8 Å². The maximum Gasteiger partial charge on any atom is 0.643 e. The number of benzene rings is 3. The zero-order chi connectivity index (χ0) is 106. The maximum absolute atomic E-state index is 10.7. The Morgan fingerprint density at radius 2 is 0.803 bits per heavy atom. The third-order valence-electron chi connectivity index (χ3n) is 18.2. The number of anilines is 2. The quantitative estimate of drug-likeness (QED) is 0.0117. The monoisotopic (exact) mass is 2410 g/mol. The number of nitrogens with two attached hydrogens (primary N) is 1. The van der Waals surface area contributed by atoms with Crippen molar-refractivity contribution in [2.24, 2.45) is 11.1 Å². The molecule has 17 rings (SSSR count). The minimum atomic E-state index is -3.22. The van der Waals surface area contributed by atoms with Gasteiger partial charge in [-0.3, -0.25) is 18.9 Å². The molecule has 0 bridgehead atoms. The fraction of sp³-hybridized carbons (Fsp3) is 0.194. The molecule has 14 heterocycles. The molecule has 142 heavy (non-hydrogen) atoms. The van der Waals surface area contributed by atoms with Crippen LogP contribution < -0.4 is 34.6 Å². The van der Waals surface area contributed by atoms with Crippen molar-refractivity contribution >= 4 is 241 Å². The molecule has 0 aliphatic rings. The van der Waals surface area contributed by atoms with Gasteiger partial charge < -0.3 is 54.1 Å². The number of aryl methyl sites for hydroxylation is 2. The van der Waals surface area contributed by atoms with Crippen molar-refractivity contribution in [1.29, 1.82) is 21.0 Å². The largest absolute Gasteiger partial charge is 0.643 e. The number of aldehydes is 1. The zero-order valence-corrected chi connectivity index (χ0v) is 93.6. The van der Waals surface area contributed by atoms with Crippen LogP contribution >= 0.6 is 149 Å². The van der Waals surface area contributed by atoms with Crippen LogP contribution in [0.1, 0.15) is 92.8 Å². The van der Waals surface area contributed by atoms with Crippen molar-refractivity contribution in [2.45, 2.75) is 67.9 Å². The number of halogens is 11. The highest BCUT2D eigenvalue weighted by atomic mass is 79.9. The summed E-state index contributed by atoms with van der Waals surface area (Å²) in [4.78, 5) is 34.4. The third-order valence-corrected chi connectivity index (χ3v) is 21.2. The lowest BCUT2D eigenvalue weighted by Gasteiger charge is -2.13. The number of oxime groups is 1. The van der Waals surface area contributed by atoms with Crippen LogP contribution in [0.3, 0.4) is 0 Å². The summed E-state index contributed by atoms with van der Waals surface area (Å²) < 4.78 is 49.3. The summed E-state index contributed by atoms with van der Waals surface area (Å²) in [5.74, 6) is 6.11. The van der Waals surface area contributed by atoms with E-state index in [9.17, 15) is 39.7 Å². The lowest BCUT2D eigenvalue weighted by Crippen LogP contribution is -2.07. The van der Waals surface area contributed by atoms with Gasteiger partial charge in [0.05, 0.1) is 182 Å². The van der Waals surface area contributed by atoms with Crippen LogP contribution in [0.4, 0.5) is 11.4 Å². The molecular weight excluding hydrogens is 2310 g/mol. The molecule has 0 fully saturated rings. The minimum Gasteiger partial charge on any atom is -0.506 e. The molecule has 0 spiro atoms. The Morgan fingerprint density at radius 3 is 1.16 bits per heavy atom. The molecular formula is C93H100AlBBr5Cl6N22O13P. The van der Waals surface area contributed by atoms with Gasteiger partial charge in [0.25, 0.3) is 0 Å². The van der Waals surface area contributed by atoms with Gasteiger partial charge in [0.2, 0.25) is 0 Å². The number of fused-ring (bicyclic) bond motifs is 7. The Balaban J connectivity index is 0.000000546. The van der Waals surface area contributed by atoms with Crippen molar-refractivity contribution in [3.05, 3.63) is 281 Å². The van der Waals surface area contributed by atoms with Crippen molar-refractivity contribution in [3.63, 3.8) is 0 Å². The van der Waals surface area contributed by atoms with E-state index >= 15 is 0 Å². The van der Waals surface area contributed by atoms with Gasteiger partial charge in [-0.2, -0.15) is 56.7 Å². The van der Waals surface area contributed by atoms with Crippen LogP contribution in [-0.2, 0) is 18.9 Å². The summed E-state index contributed by atoms with van der Waals surface area (Å²) >= 11 is 28.9. The SMILES string of the molecule is CB(C)C.CC(=O)OC(C)=O.CN(C)c1ccc(-c2cc(O)cn3ncc(C#N)c23)cc1.COc1cc(Br)c2c(/C=N/O)cnn2c1.COc1cc(Br)c2c(C#N)cnn2c1.COc1cc(Br)c2c(C=O)cnn2c1.COc1cc(Br)c2ccnn2c1.Cc1cc(-c2ccc(N(C)C)cc2)c2c(C#N)cnn2c1.Cc1ccc(C(C)C)cc1.N#Cc1cnn2cc(O)cc(Br)c12.NO.O=P(Cl)(Cl)Cl.[2HH].[2HH].[2HH].[Cl][Al]([Cl])[Cl]. The first kappa shape index (κ1) is 120. The Hall–Kier alpha value is -12.0. The number of carbonyl (C=O) groups excluding carboxylic acids is 3. The van der Waals surface area contributed by atoms with Crippen molar-refractivity contribution < 1.29 is 67.5 Å². The van der Waals surface area contributed by atoms with Gasteiger partial charge in [-0.1, -0.05) is 93.6 Å². The molecule has 0 saturated carbocycles. The van der Waals surface area contributed by atoms with Gasteiger partial charge in [-0.05, 0) is 228 Å². The van der Waals surface area contributed by atoms with Crippen molar-refractivity contribution in [1.82, 2.24) is 67.3 Å². The molecule has 14 aromatic heterocycles. The number of nitriles is 4. The van der Waals surface area contributed by atoms with Crippen LogP contribution in [0.25, 0.3) is 60.9 Å². The molecule has 0 saturated heterocycles. The van der Waals surface area contributed by atoms with Crippen LogP contribution in [0.15, 0.2) is 236 Å². The summed E-state index contributed by atoms with van der Waals surface area (Å²) in [7, 11) is 29.2. The second-order valence-electron chi connectivity index (χ2n) is 30.1. The van der Waals surface area contributed by atoms with E-state index in [1.54, 1.807) is 106 Å². The standard InChI is InChI=1S/C17H16N4.C16H14N4O.C10H14.C9H8BrN3O2.C9H6BrN3O.C9H7BrN2O2.C8H4BrN3O.C8H7BrN2O.C4H6O3.C3H9B.Al.Cl3OP.3ClH.H3NO.3H2/c1-12-8-16(13-4-6-15(7-5-13)20(2)3)17-14(9-18)10-19-21(17)11-12;1-19(2)13-5-3-11(4-6-13)15-7-14(21)10-20-16(15)12(8-17)9-18-20;1-8(2)10-6-4-9(3)5-7-10;1-15-7-2-8(10)9-6(4-12-14)3-11-13(9)5-7;1-14-7-2-8(10)9-6(3-11)4-12-13(9)5-7;1-14-7-2-8(10)9-6(5-13)3-11-12(9)4-7;9-7-1-6(13)4-12-8(7)5(2-10)3-11-12;1-12-6-4-7(9)8-2-3-10-11(8)5-6;1-3(5)7-4(2)6;1-4(2)3;;1-5(2,3)4;;;;1-2;;;/h4-8,10-11H,1-3H3;3-7,9-10,21H,1-2H3;4-8H,1-3H3;2-5,14H,1H3;2,4-5H,1H3;2-5H,1H3;1,3-4,13H;2-5H,1H3;1-2H3;1-3H3;;;3*1H;2H,1H2;3*1H/q;;;;;;;;;;+3;;;;;;;;/p-3/b;;;12-4+;;;;;;;;;;;;;;;/i;;;;;;;;;;;;;;;;3*1+1. The maximum atomic E-state index is 10.7. The zero-order valence-electron chi connectivity index (χ0n) is 79.1. The van der Waals surface area contributed by atoms with E-state index in [1.807, 2.05) is 101 Å². The number of carbonyl (C=O) groups is 3. The van der Waals surface area contributed by atoms with E-state index < -0.39 is 28.5 Å². The van der Waals surface area contributed by atoms with E-state index in [0.29, 0.717) is 66.5 Å². The molecule has 0 atom stereocenters. The summed E-state index contributed by atoms with van der Waals surface area (Å²) in [6.45, 7) is 18.3. The number of aromatic hydroxyl groups is 2.